The molecule has 0 saturated heterocycles. The second kappa shape index (κ2) is 14.3. The third-order valence-corrected chi connectivity index (χ3v) is 7.65. The first kappa shape index (κ1) is 32.3. The summed E-state index contributed by atoms with van der Waals surface area (Å²) in [5.74, 6) is -0.843. The topological polar surface area (TPSA) is 128 Å². The number of methoxy groups -OCH3 is 1. The Bertz CT molecular complexity index is 1990. The Balaban J connectivity index is 1.35. The largest absolute Gasteiger partial charge is 0.493 e. The van der Waals surface area contributed by atoms with E-state index in [9.17, 15) is 14.4 Å². The molecule has 0 unspecified atom stereocenters. The number of hydrogen-bond donors (Lipinski definition) is 2. The summed E-state index contributed by atoms with van der Waals surface area (Å²) in [6, 6.07) is 22.1. The minimum Gasteiger partial charge on any atom is -0.493 e. The Kier molecular flexibility index (Phi) is 10.0. The fraction of sp³-hybridized carbons (Fsp3) is 0.118. The predicted octanol–water partition coefficient (Wildman–Crippen LogP) is 7.57. The molecular weight excluding hydrogens is 678 g/mol. The van der Waals surface area contributed by atoms with E-state index in [-0.39, 0.29) is 28.6 Å². The third-order valence-electron chi connectivity index (χ3n) is 6.66. The smallest absolute Gasteiger partial charge is 0.343 e. The van der Waals surface area contributed by atoms with Crippen molar-refractivity contribution in [2.75, 3.05) is 13.7 Å². The number of ether oxygens (including phenoxy) is 4. The first-order valence-corrected chi connectivity index (χ1v) is 15.1. The molecule has 5 rings (SSSR count). The third kappa shape index (κ3) is 7.06. The first-order valence-electron chi connectivity index (χ1n) is 13.9. The number of nitrogens with zero attached hydrogens (tertiary/aromatic N) is 1. The second-order valence-corrected chi connectivity index (χ2v) is 11.0. The number of esters is 2. The second-order valence-electron chi connectivity index (χ2n) is 9.70. The zero-order valence-corrected chi connectivity index (χ0v) is 27.2. The number of halogens is 2. The lowest BCUT2D eigenvalue weighted by Crippen LogP contribution is -2.19. The van der Waals surface area contributed by atoms with Crippen LogP contribution in [0.3, 0.4) is 0 Å². The van der Waals surface area contributed by atoms with E-state index in [4.69, 9.17) is 30.5 Å². The Morgan fingerprint density at radius 2 is 1.70 bits per heavy atom. The maximum absolute atomic E-state index is 13.4. The molecule has 12 heteroatoms. The summed E-state index contributed by atoms with van der Waals surface area (Å²) < 4.78 is 22.4. The van der Waals surface area contributed by atoms with Gasteiger partial charge in [-0.1, -0.05) is 41.9 Å². The average Bonchev–Trinajstić information content (AvgIpc) is 3.43. The number of hydrazone groups is 1. The van der Waals surface area contributed by atoms with Crippen LogP contribution in [-0.2, 0) is 4.79 Å². The van der Waals surface area contributed by atoms with Gasteiger partial charge >= 0.3 is 11.9 Å². The molecular formula is C34H27BrClN3O7. The normalized spacial score (nSPS) is 11.0. The summed E-state index contributed by atoms with van der Waals surface area (Å²) in [4.78, 5) is 40.9. The van der Waals surface area contributed by atoms with Crippen LogP contribution in [0.4, 0.5) is 0 Å². The van der Waals surface area contributed by atoms with Gasteiger partial charge in [-0.15, -0.1) is 0 Å². The number of hydrogen-bond acceptors (Lipinski definition) is 8. The lowest BCUT2D eigenvalue weighted by atomic mass is 10.0. The fourth-order valence-corrected chi connectivity index (χ4v) is 5.36. The van der Waals surface area contributed by atoms with Crippen molar-refractivity contribution in [1.82, 2.24) is 10.4 Å². The minimum atomic E-state index is -0.679. The number of carbonyl (C=O) groups excluding carboxylic acids is 3. The number of nitrogens with one attached hydrogen (secondary N) is 2. The van der Waals surface area contributed by atoms with Gasteiger partial charge in [0, 0.05) is 32.9 Å². The molecule has 10 nitrogen and oxygen atoms in total. The van der Waals surface area contributed by atoms with E-state index in [0.29, 0.717) is 34.0 Å². The van der Waals surface area contributed by atoms with Crippen LogP contribution in [0.25, 0.3) is 22.0 Å². The molecule has 0 bridgehead atoms. The fourth-order valence-electron chi connectivity index (χ4n) is 4.67. The maximum Gasteiger partial charge on any atom is 0.343 e. The summed E-state index contributed by atoms with van der Waals surface area (Å²) in [7, 11) is 1.39. The highest BCUT2D eigenvalue weighted by Crippen LogP contribution is 2.39. The highest BCUT2D eigenvalue weighted by molar-refractivity contribution is 9.10. The van der Waals surface area contributed by atoms with Crippen LogP contribution >= 0.6 is 27.5 Å². The van der Waals surface area contributed by atoms with Crippen molar-refractivity contribution < 1.29 is 33.3 Å². The Labute approximate surface area is 277 Å². The molecule has 0 fully saturated rings. The van der Waals surface area contributed by atoms with Crippen molar-refractivity contribution in [2.45, 2.75) is 13.8 Å². The monoisotopic (exact) mass is 703 g/mol. The van der Waals surface area contributed by atoms with Crippen molar-refractivity contribution in [1.29, 1.82) is 0 Å². The molecule has 1 amide bonds. The van der Waals surface area contributed by atoms with Crippen LogP contribution in [0.2, 0.25) is 5.02 Å². The quantitative estimate of drug-likeness (QED) is 0.0665. The highest BCUT2D eigenvalue weighted by atomic mass is 79.9. The number of para-hydroxylation sites is 1. The number of H-pyrrole nitrogens is 1. The van der Waals surface area contributed by atoms with Gasteiger partial charge in [0.2, 0.25) is 0 Å². The molecule has 0 saturated carbocycles. The molecule has 0 radical (unpaired) electrons. The summed E-state index contributed by atoms with van der Waals surface area (Å²) in [6.07, 6.45) is 1.44. The van der Waals surface area contributed by atoms with Crippen LogP contribution in [0.1, 0.15) is 40.3 Å². The number of carbonyl (C=O) groups is 3. The molecule has 0 atom stereocenters. The zero-order chi connectivity index (χ0) is 32.8. The lowest BCUT2D eigenvalue weighted by Gasteiger charge is -2.13. The molecule has 0 aliphatic carbocycles. The summed E-state index contributed by atoms with van der Waals surface area (Å²) >= 11 is 10.1. The van der Waals surface area contributed by atoms with Gasteiger partial charge in [-0.25, -0.2) is 10.2 Å². The zero-order valence-electron chi connectivity index (χ0n) is 24.9. The SMILES string of the molecule is CCOc1cc(C=NNC(=O)c2[nH]c3c(Br)cccc3c2-c2ccccc2Cl)ccc1OC(=O)c1ccc(OC(C)=O)c(OC)c1. The van der Waals surface area contributed by atoms with Crippen LogP contribution in [0.5, 0.6) is 23.0 Å². The number of benzene rings is 4. The van der Waals surface area contributed by atoms with Crippen LogP contribution < -0.4 is 24.4 Å². The molecule has 5 aromatic rings. The predicted molar refractivity (Wildman–Crippen MR) is 178 cm³/mol. The molecule has 1 aromatic heterocycles. The molecule has 4 aromatic carbocycles. The van der Waals surface area contributed by atoms with Crippen molar-refractivity contribution in [3.63, 3.8) is 0 Å². The van der Waals surface area contributed by atoms with Crippen molar-refractivity contribution in [3.05, 3.63) is 105 Å². The number of fused-ring (bicyclic) bond motifs is 1. The van der Waals surface area contributed by atoms with Crippen molar-refractivity contribution in [2.24, 2.45) is 5.10 Å². The molecule has 0 spiro atoms. The van der Waals surface area contributed by atoms with Gasteiger partial charge in [0.15, 0.2) is 23.0 Å². The average molecular weight is 705 g/mol. The van der Waals surface area contributed by atoms with Gasteiger partial charge in [-0.2, -0.15) is 5.10 Å². The van der Waals surface area contributed by atoms with Gasteiger partial charge in [0.1, 0.15) is 5.69 Å². The van der Waals surface area contributed by atoms with E-state index in [1.165, 1.54) is 38.4 Å². The van der Waals surface area contributed by atoms with Crippen molar-refractivity contribution >= 4 is 62.5 Å². The van der Waals surface area contributed by atoms with E-state index in [1.54, 1.807) is 31.2 Å². The highest BCUT2D eigenvalue weighted by Gasteiger charge is 2.22. The van der Waals surface area contributed by atoms with Gasteiger partial charge in [0.05, 0.1) is 31.0 Å². The van der Waals surface area contributed by atoms with Gasteiger partial charge < -0.3 is 23.9 Å². The van der Waals surface area contributed by atoms with Crippen LogP contribution in [0, 0.1) is 0 Å². The molecule has 0 aliphatic heterocycles. The maximum atomic E-state index is 13.4. The summed E-state index contributed by atoms with van der Waals surface area (Å²) in [5.41, 5.74) is 5.71. The Hall–Kier alpha value is -5.13. The van der Waals surface area contributed by atoms with Gasteiger partial charge in [-0.05, 0) is 76.9 Å². The van der Waals surface area contributed by atoms with E-state index in [1.807, 2.05) is 36.4 Å². The van der Waals surface area contributed by atoms with E-state index in [2.05, 4.69) is 31.4 Å². The minimum absolute atomic E-state index is 0.170. The Morgan fingerprint density at radius 1 is 0.935 bits per heavy atom. The van der Waals surface area contributed by atoms with Crippen LogP contribution in [-0.4, -0.2) is 42.8 Å². The van der Waals surface area contributed by atoms with Gasteiger partial charge in [0.25, 0.3) is 5.91 Å². The first-order chi connectivity index (χ1) is 22.2. The van der Waals surface area contributed by atoms with Gasteiger partial charge in [-0.3, -0.25) is 9.59 Å². The lowest BCUT2D eigenvalue weighted by molar-refractivity contribution is -0.132. The molecule has 0 aliphatic rings. The number of aromatic nitrogens is 1. The Morgan fingerprint density at radius 3 is 2.43 bits per heavy atom. The number of aromatic amines is 1. The molecule has 46 heavy (non-hydrogen) atoms. The number of amides is 1. The van der Waals surface area contributed by atoms with E-state index < -0.39 is 17.8 Å². The standard InChI is InChI=1S/C34H27BrClN3O7/c1-4-44-29-16-20(12-14-27(29)46-34(42)21-13-15-26(45-19(2)40)28(17-21)43-3)18-37-39-33(41)32-30(22-8-5-6-11-25(22)36)23-9-7-10-24(35)31(23)38-32/h5-18,38H,4H2,1-3H3,(H,39,41). The summed E-state index contributed by atoms with van der Waals surface area (Å²) in [5, 5.41) is 5.48. The molecule has 2 N–H and O–H groups in total. The van der Waals surface area contributed by atoms with E-state index >= 15 is 0 Å². The van der Waals surface area contributed by atoms with Crippen molar-refractivity contribution in [3.8, 4) is 34.1 Å². The van der Waals surface area contributed by atoms with E-state index in [0.717, 1.165) is 15.4 Å². The molecule has 1 heterocycles. The van der Waals surface area contributed by atoms with Crippen LogP contribution in [0.15, 0.2) is 88.4 Å². The summed E-state index contributed by atoms with van der Waals surface area (Å²) in [6.45, 7) is 3.36. The molecule has 234 valence electrons. The number of rotatable bonds is 10.